The van der Waals surface area contributed by atoms with Gasteiger partial charge in [0.05, 0.1) is 11.1 Å². The van der Waals surface area contributed by atoms with Crippen molar-refractivity contribution in [1.29, 1.82) is 5.26 Å². The minimum Gasteiger partial charge on any atom is -0.307 e. The van der Waals surface area contributed by atoms with Crippen LogP contribution in [0.1, 0.15) is 12.8 Å². The summed E-state index contributed by atoms with van der Waals surface area (Å²) in [6, 6.07) is 5.74. The van der Waals surface area contributed by atoms with E-state index in [2.05, 4.69) is 0 Å². The number of rotatable bonds is 3. The Morgan fingerprint density at radius 1 is 1.77 bits per heavy atom. The predicted molar refractivity (Wildman–Crippen MR) is 52.6 cm³/mol. The molecule has 0 saturated carbocycles. The van der Waals surface area contributed by atoms with Gasteiger partial charge in [-0.3, -0.25) is 4.79 Å². The predicted octanol–water partition coefficient (Wildman–Crippen LogP) is 2.01. The van der Waals surface area contributed by atoms with Crippen LogP contribution < -0.4 is 4.90 Å². The monoisotopic (exact) mass is 194 g/mol. The molecule has 0 bridgehead atoms. The number of nitriles is 1. The van der Waals surface area contributed by atoms with Crippen LogP contribution in [0.3, 0.4) is 0 Å². The van der Waals surface area contributed by atoms with Crippen LogP contribution in [-0.2, 0) is 4.79 Å². The first-order valence-corrected chi connectivity index (χ1v) is 4.80. The lowest BCUT2D eigenvalue weighted by molar-refractivity contribution is -0.118. The average Bonchev–Trinajstić information content (AvgIpc) is 2.65. The second-order valence-corrected chi connectivity index (χ2v) is 3.49. The molecule has 0 aliphatic heterocycles. The summed E-state index contributed by atoms with van der Waals surface area (Å²) in [6.45, 7) is 0. The maximum absolute atomic E-state index is 11.4. The molecule has 0 aliphatic carbocycles. The molecule has 0 aliphatic rings. The Bertz CT molecular complexity index is 313. The number of carbonyl (C=O) groups excluding carboxylic acids is 1. The second-order valence-electron chi connectivity index (χ2n) is 2.56. The first-order valence-electron chi connectivity index (χ1n) is 3.92. The molecule has 0 aromatic carbocycles. The Labute approximate surface area is 81.2 Å². The van der Waals surface area contributed by atoms with Crippen LogP contribution in [0.15, 0.2) is 17.5 Å². The summed E-state index contributed by atoms with van der Waals surface area (Å²) in [5.74, 6) is -0.0102. The number of hydrogen-bond donors (Lipinski definition) is 0. The van der Waals surface area contributed by atoms with Crippen molar-refractivity contribution in [3.8, 4) is 6.07 Å². The molecule has 0 fully saturated rings. The van der Waals surface area contributed by atoms with Gasteiger partial charge < -0.3 is 4.90 Å². The quantitative estimate of drug-likeness (QED) is 0.738. The molecule has 0 radical (unpaired) electrons. The summed E-state index contributed by atoms with van der Waals surface area (Å²) in [5, 5.41) is 11.1. The summed E-state index contributed by atoms with van der Waals surface area (Å²) < 4.78 is 0. The van der Waals surface area contributed by atoms with Gasteiger partial charge in [-0.05, 0) is 17.5 Å². The maximum atomic E-state index is 11.4. The molecule has 68 valence electrons. The van der Waals surface area contributed by atoms with Crippen molar-refractivity contribution >= 4 is 22.2 Å². The van der Waals surface area contributed by atoms with Gasteiger partial charge >= 0.3 is 0 Å². The van der Waals surface area contributed by atoms with Gasteiger partial charge in [0.25, 0.3) is 0 Å². The lowest BCUT2D eigenvalue weighted by atomic mass is 10.3. The molecular formula is C9H10N2OS. The van der Waals surface area contributed by atoms with Crippen molar-refractivity contribution in [1.82, 2.24) is 0 Å². The Balaban J connectivity index is 2.54. The molecule has 0 unspecified atom stereocenters. The highest BCUT2D eigenvalue weighted by molar-refractivity contribution is 7.14. The zero-order valence-electron chi connectivity index (χ0n) is 7.36. The van der Waals surface area contributed by atoms with Gasteiger partial charge in [0.15, 0.2) is 0 Å². The number of amides is 1. The van der Waals surface area contributed by atoms with Gasteiger partial charge in [0, 0.05) is 19.9 Å². The molecule has 0 spiro atoms. The molecule has 0 atom stereocenters. The third kappa shape index (κ3) is 2.56. The van der Waals surface area contributed by atoms with Gasteiger partial charge in [-0.25, -0.2) is 0 Å². The summed E-state index contributed by atoms with van der Waals surface area (Å²) in [5.41, 5.74) is 0. The SMILES string of the molecule is CN(C(=O)CCC#N)c1cccs1. The second kappa shape index (κ2) is 4.63. The Morgan fingerprint density at radius 2 is 2.54 bits per heavy atom. The van der Waals surface area contributed by atoms with Gasteiger partial charge in [0.1, 0.15) is 0 Å². The molecule has 1 amide bonds. The first kappa shape index (κ1) is 9.75. The van der Waals surface area contributed by atoms with E-state index >= 15 is 0 Å². The average molecular weight is 194 g/mol. The summed E-state index contributed by atoms with van der Waals surface area (Å²) in [7, 11) is 1.73. The summed E-state index contributed by atoms with van der Waals surface area (Å²) in [6.07, 6.45) is 0.583. The number of carbonyl (C=O) groups is 1. The normalized spacial score (nSPS) is 9.23. The first-order chi connectivity index (χ1) is 6.25. The van der Waals surface area contributed by atoms with E-state index in [4.69, 9.17) is 5.26 Å². The van der Waals surface area contributed by atoms with Crippen LogP contribution in [0.2, 0.25) is 0 Å². The van der Waals surface area contributed by atoms with E-state index in [1.54, 1.807) is 11.9 Å². The molecule has 1 heterocycles. The maximum Gasteiger partial charge on any atom is 0.228 e. The minimum atomic E-state index is -0.0102. The highest BCUT2D eigenvalue weighted by Crippen LogP contribution is 2.20. The van der Waals surface area contributed by atoms with Gasteiger partial charge in [0.2, 0.25) is 5.91 Å². The van der Waals surface area contributed by atoms with Crippen molar-refractivity contribution in [3.05, 3.63) is 17.5 Å². The van der Waals surface area contributed by atoms with Crippen LogP contribution >= 0.6 is 11.3 Å². The van der Waals surface area contributed by atoms with Crippen LogP contribution in [-0.4, -0.2) is 13.0 Å². The van der Waals surface area contributed by atoms with Gasteiger partial charge in [-0.2, -0.15) is 5.26 Å². The van der Waals surface area contributed by atoms with Crippen molar-refractivity contribution in [2.75, 3.05) is 11.9 Å². The Hall–Kier alpha value is -1.34. The fourth-order valence-corrected chi connectivity index (χ4v) is 1.63. The smallest absolute Gasteiger partial charge is 0.228 e. The molecule has 3 nitrogen and oxygen atoms in total. The molecular weight excluding hydrogens is 184 g/mol. The van der Waals surface area contributed by atoms with E-state index in [1.165, 1.54) is 11.3 Å². The lowest BCUT2D eigenvalue weighted by Crippen LogP contribution is -2.24. The van der Waals surface area contributed by atoms with E-state index in [0.717, 1.165) is 5.00 Å². The third-order valence-electron chi connectivity index (χ3n) is 1.66. The zero-order chi connectivity index (χ0) is 9.68. The number of anilines is 1. The third-order valence-corrected chi connectivity index (χ3v) is 2.61. The number of hydrogen-bond acceptors (Lipinski definition) is 3. The van der Waals surface area contributed by atoms with Crippen LogP contribution in [0.4, 0.5) is 5.00 Å². The van der Waals surface area contributed by atoms with E-state index in [9.17, 15) is 4.79 Å². The van der Waals surface area contributed by atoms with Crippen molar-refractivity contribution in [2.45, 2.75) is 12.8 Å². The van der Waals surface area contributed by atoms with Crippen molar-refractivity contribution < 1.29 is 4.79 Å². The topological polar surface area (TPSA) is 44.1 Å². The molecule has 13 heavy (non-hydrogen) atoms. The standard InChI is InChI=1S/C9H10N2OS/c1-11(8(12)4-2-6-10)9-5-3-7-13-9/h3,5,7H,2,4H2,1H3. The minimum absolute atomic E-state index is 0.0102. The largest absolute Gasteiger partial charge is 0.307 e. The van der Waals surface area contributed by atoms with E-state index < -0.39 is 0 Å². The van der Waals surface area contributed by atoms with E-state index in [1.807, 2.05) is 23.6 Å². The summed E-state index contributed by atoms with van der Waals surface area (Å²) in [4.78, 5) is 13.0. The molecule has 0 N–H and O–H groups in total. The van der Waals surface area contributed by atoms with Crippen LogP contribution in [0, 0.1) is 11.3 Å². The Kier molecular flexibility index (Phi) is 3.47. The fourth-order valence-electron chi connectivity index (χ4n) is 0.914. The van der Waals surface area contributed by atoms with Gasteiger partial charge in [-0.1, -0.05) is 0 Å². The fraction of sp³-hybridized carbons (Fsp3) is 0.333. The molecule has 1 aromatic heterocycles. The summed E-state index contributed by atoms with van der Waals surface area (Å²) >= 11 is 1.51. The van der Waals surface area contributed by atoms with Crippen LogP contribution in [0.25, 0.3) is 0 Å². The van der Waals surface area contributed by atoms with Gasteiger partial charge in [-0.15, -0.1) is 11.3 Å². The molecule has 0 saturated heterocycles. The molecule has 1 aromatic rings. The highest BCUT2D eigenvalue weighted by Gasteiger charge is 2.10. The van der Waals surface area contributed by atoms with Crippen LogP contribution in [0.5, 0.6) is 0 Å². The highest BCUT2D eigenvalue weighted by atomic mass is 32.1. The molecule has 4 heteroatoms. The van der Waals surface area contributed by atoms with E-state index in [0.29, 0.717) is 6.42 Å². The molecule has 1 rings (SSSR count). The zero-order valence-corrected chi connectivity index (χ0v) is 8.17. The van der Waals surface area contributed by atoms with Crippen molar-refractivity contribution in [2.24, 2.45) is 0 Å². The number of nitrogens with zero attached hydrogens (tertiary/aromatic N) is 2. The van der Waals surface area contributed by atoms with Crippen molar-refractivity contribution in [3.63, 3.8) is 0 Å². The number of thiophene rings is 1. The Morgan fingerprint density at radius 3 is 3.08 bits per heavy atom. The van der Waals surface area contributed by atoms with E-state index in [-0.39, 0.29) is 12.3 Å². The lowest BCUT2D eigenvalue weighted by Gasteiger charge is -2.13.